The van der Waals surface area contributed by atoms with Crippen LogP contribution in [0, 0.1) is 5.82 Å². The standard InChI is InChI=1S/C28H25Cl3FN3OS/c1-16(2)34-13-4-3-8-23(34)28-33-25(27(37-28)19-11-10-18(32)14-22(19)31)17-9-12-24(36)35(15-17)26-20(29)6-5-7-21(26)30/h5-7,9-12,14-16,23H,3-4,8,13H2,1-2H3. The highest BCUT2D eigenvalue weighted by Crippen LogP contribution is 2.44. The first kappa shape index (κ1) is 26.4. The van der Waals surface area contributed by atoms with E-state index in [4.69, 9.17) is 39.8 Å². The van der Waals surface area contributed by atoms with E-state index in [-0.39, 0.29) is 11.6 Å². The Morgan fingerprint density at radius 3 is 2.49 bits per heavy atom. The molecule has 0 bridgehead atoms. The Morgan fingerprint density at radius 2 is 1.78 bits per heavy atom. The molecule has 37 heavy (non-hydrogen) atoms. The van der Waals surface area contributed by atoms with Crippen LogP contribution < -0.4 is 5.56 Å². The third kappa shape index (κ3) is 5.23. The zero-order chi connectivity index (χ0) is 26.3. The summed E-state index contributed by atoms with van der Waals surface area (Å²) in [5.41, 5.74) is 2.23. The number of thiazole rings is 1. The van der Waals surface area contributed by atoms with Gasteiger partial charge in [0.05, 0.1) is 37.4 Å². The molecular formula is C28H25Cl3FN3OS. The minimum absolute atomic E-state index is 0.175. The topological polar surface area (TPSA) is 38.1 Å². The van der Waals surface area contributed by atoms with Gasteiger partial charge < -0.3 is 0 Å². The van der Waals surface area contributed by atoms with Crippen LogP contribution in [0.3, 0.4) is 0 Å². The largest absolute Gasteiger partial charge is 0.292 e. The Bertz CT molecular complexity index is 1500. The molecule has 0 amide bonds. The van der Waals surface area contributed by atoms with Crippen LogP contribution in [0.1, 0.15) is 44.2 Å². The molecule has 1 saturated heterocycles. The number of hydrogen-bond donors (Lipinski definition) is 0. The van der Waals surface area contributed by atoms with E-state index in [0.717, 1.165) is 35.7 Å². The number of hydrogen-bond acceptors (Lipinski definition) is 4. The summed E-state index contributed by atoms with van der Waals surface area (Å²) in [6.07, 6.45) is 5.01. The number of aromatic nitrogens is 2. The number of pyridine rings is 1. The van der Waals surface area contributed by atoms with Crippen molar-refractivity contribution in [2.24, 2.45) is 0 Å². The van der Waals surface area contributed by atoms with Crippen molar-refractivity contribution in [3.8, 4) is 27.4 Å². The average molecular weight is 577 g/mol. The van der Waals surface area contributed by atoms with Crippen LogP contribution in [0.5, 0.6) is 0 Å². The van der Waals surface area contributed by atoms with Crippen LogP contribution in [-0.2, 0) is 0 Å². The second kappa shape index (κ2) is 10.9. The molecule has 0 radical (unpaired) electrons. The monoisotopic (exact) mass is 575 g/mol. The first-order valence-corrected chi connectivity index (χ1v) is 14.1. The third-order valence-electron chi connectivity index (χ3n) is 6.67. The van der Waals surface area contributed by atoms with Crippen molar-refractivity contribution < 1.29 is 4.39 Å². The number of likely N-dealkylation sites (tertiary alicyclic amines) is 1. The fraction of sp³-hybridized carbons (Fsp3) is 0.286. The molecule has 192 valence electrons. The van der Waals surface area contributed by atoms with Gasteiger partial charge in [0, 0.05) is 29.4 Å². The quantitative estimate of drug-likeness (QED) is 0.239. The lowest BCUT2D eigenvalue weighted by Crippen LogP contribution is -2.38. The minimum Gasteiger partial charge on any atom is -0.292 e. The summed E-state index contributed by atoms with van der Waals surface area (Å²) in [6, 6.07) is 13.3. The summed E-state index contributed by atoms with van der Waals surface area (Å²) in [7, 11) is 0. The number of halogens is 4. The maximum Gasteiger partial charge on any atom is 0.255 e. The van der Waals surface area contributed by atoms with E-state index in [1.54, 1.807) is 47.9 Å². The summed E-state index contributed by atoms with van der Waals surface area (Å²) >= 11 is 21.0. The third-order valence-corrected chi connectivity index (χ3v) is 8.79. The number of piperidine rings is 1. The van der Waals surface area contributed by atoms with Gasteiger partial charge in [-0.25, -0.2) is 9.37 Å². The molecule has 0 N–H and O–H groups in total. The van der Waals surface area contributed by atoms with E-state index < -0.39 is 5.82 Å². The predicted molar refractivity (Wildman–Crippen MR) is 152 cm³/mol. The highest BCUT2D eigenvalue weighted by Gasteiger charge is 2.30. The Labute approximate surface area is 234 Å². The van der Waals surface area contributed by atoms with Gasteiger partial charge in [-0.05, 0) is 69.6 Å². The van der Waals surface area contributed by atoms with Crippen LogP contribution in [0.25, 0.3) is 27.4 Å². The molecule has 0 spiro atoms. The molecule has 1 aliphatic heterocycles. The minimum atomic E-state index is -0.403. The van der Waals surface area contributed by atoms with Crippen LogP contribution >= 0.6 is 46.1 Å². The van der Waals surface area contributed by atoms with Gasteiger partial charge in [-0.2, -0.15) is 0 Å². The van der Waals surface area contributed by atoms with E-state index in [1.807, 2.05) is 0 Å². The normalized spacial score (nSPS) is 16.5. The number of rotatable bonds is 5. The summed E-state index contributed by atoms with van der Waals surface area (Å²) in [5, 5.41) is 2.01. The molecule has 9 heteroatoms. The SMILES string of the molecule is CC(C)N1CCCCC1c1nc(-c2ccc(=O)n(-c3c(Cl)cccc3Cl)c2)c(-c2ccc(F)cc2Cl)s1. The molecule has 4 aromatic rings. The Balaban J connectivity index is 1.71. The molecule has 1 atom stereocenters. The zero-order valence-electron chi connectivity index (χ0n) is 20.3. The van der Waals surface area contributed by atoms with Crippen molar-refractivity contribution in [3.63, 3.8) is 0 Å². The molecule has 5 rings (SSSR count). The summed E-state index contributed by atoms with van der Waals surface area (Å²) in [5.74, 6) is -0.403. The number of benzene rings is 2. The lowest BCUT2D eigenvalue weighted by Gasteiger charge is -2.37. The molecule has 3 heterocycles. The molecule has 1 aliphatic rings. The van der Waals surface area contributed by atoms with Gasteiger partial charge in [-0.3, -0.25) is 14.3 Å². The number of para-hydroxylation sites is 1. The van der Waals surface area contributed by atoms with Crippen molar-refractivity contribution in [1.29, 1.82) is 0 Å². The molecule has 0 aliphatic carbocycles. The van der Waals surface area contributed by atoms with Crippen molar-refractivity contribution in [2.75, 3.05) is 6.54 Å². The van der Waals surface area contributed by atoms with Crippen molar-refractivity contribution in [1.82, 2.24) is 14.5 Å². The lowest BCUT2D eigenvalue weighted by atomic mass is 10.0. The average Bonchev–Trinajstić information content (AvgIpc) is 3.30. The van der Waals surface area contributed by atoms with Gasteiger partial charge in [-0.15, -0.1) is 11.3 Å². The van der Waals surface area contributed by atoms with Crippen LogP contribution in [-0.4, -0.2) is 27.0 Å². The first-order valence-electron chi connectivity index (χ1n) is 12.1. The molecule has 4 nitrogen and oxygen atoms in total. The van der Waals surface area contributed by atoms with Gasteiger partial charge in [-0.1, -0.05) is 47.3 Å². The van der Waals surface area contributed by atoms with Gasteiger partial charge in [0.1, 0.15) is 10.8 Å². The predicted octanol–water partition coefficient (Wildman–Crippen LogP) is 8.66. The van der Waals surface area contributed by atoms with E-state index >= 15 is 0 Å². The summed E-state index contributed by atoms with van der Waals surface area (Å²) in [6.45, 7) is 5.42. The molecule has 0 saturated carbocycles. The smallest absolute Gasteiger partial charge is 0.255 e. The van der Waals surface area contributed by atoms with Gasteiger partial charge in [0.15, 0.2) is 0 Å². The molecule has 1 fully saturated rings. The van der Waals surface area contributed by atoms with Crippen molar-refractivity contribution >= 4 is 46.1 Å². The molecule has 2 aromatic carbocycles. The van der Waals surface area contributed by atoms with Crippen LogP contribution in [0.2, 0.25) is 15.1 Å². The Morgan fingerprint density at radius 1 is 1.03 bits per heavy atom. The van der Waals surface area contributed by atoms with E-state index in [0.29, 0.717) is 43.6 Å². The fourth-order valence-electron chi connectivity index (χ4n) is 4.89. The maximum atomic E-state index is 13.9. The van der Waals surface area contributed by atoms with E-state index in [9.17, 15) is 9.18 Å². The second-order valence-electron chi connectivity index (χ2n) is 9.39. The van der Waals surface area contributed by atoms with Crippen molar-refractivity contribution in [3.05, 3.63) is 91.0 Å². The van der Waals surface area contributed by atoms with Crippen LogP contribution in [0.15, 0.2) is 59.5 Å². The molecule has 1 unspecified atom stereocenters. The maximum absolute atomic E-state index is 13.9. The van der Waals surface area contributed by atoms with Crippen LogP contribution in [0.4, 0.5) is 4.39 Å². The lowest BCUT2D eigenvalue weighted by molar-refractivity contribution is 0.112. The summed E-state index contributed by atoms with van der Waals surface area (Å²) < 4.78 is 15.4. The number of nitrogens with zero attached hydrogens (tertiary/aromatic N) is 3. The van der Waals surface area contributed by atoms with Gasteiger partial charge in [0.25, 0.3) is 5.56 Å². The zero-order valence-corrected chi connectivity index (χ0v) is 23.4. The summed E-state index contributed by atoms with van der Waals surface area (Å²) in [4.78, 5) is 21.3. The first-order chi connectivity index (χ1) is 17.7. The fourth-order valence-corrected chi connectivity index (χ4v) is 7.07. The molecule has 2 aromatic heterocycles. The highest BCUT2D eigenvalue weighted by molar-refractivity contribution is 7.15. The van der Waals surface area contributed by atoms with E-state index in [2.05, 4.69) is 18.7 Å². The Kier molecular flexibility index (Phi) is 7.75. The van der Waals surface area contributed by atoms with Gasteiger partial charge >= 0.3 is 0 Å². The van der Waals surface area contributed by atoms with Gasteiger partial charge in [0.2, 0.25) is 0 Å². The molecular weight excluding hydrogens is 552 g/mol. The Hall–Kier alpha value is -2.22. The second-order valence-corrected chi connectivity index (χ2v) is 11.6. The highest BCUT2D eigenvalue weighted by atomic mass is 35.5. The van der Waals surface area contributed by atoms with E-state index in [1.165, 1.54) is 22.8 Å². The van der Waals surface area contributed by atoms with Crippen molar-refractivity contribution in [2.45, 2.75) is 45.2 Å².